The Morgan fingerprint density at radius 3 is 2.39 bits per heavy atom. The number of nitrogens with zero attached hydrogens (tertiary/aromatic N) is 3. The highest BCUT2D eigenvalue weighted by Crippen LogP contribution is 2.25. The van der Waals surface area contributed by atoms with E-state index in [1.807, 2.05) is 18.2 Å². The number of rotatable bonds is 5. The molecular weight excluding hydrogens is 392 g/mol. The quantitative estimate of drug-likeness (QED) is 0.791. The van der Waals surface area contributed by atoms with Gasteiger partial charge in [0.25, 0.3) is 0 Å². The summed E-state index contributed by atoms with van der Waals surface area (Å²) in [5.74, 6) is 0.687. The average Bonchev–Trinajstić information content (AvgIpc) is 2.82. The fraction of sp³-hybridized carbons (Fsp3) is 0.458. The molecule has 1 aliphatic carbocycles. The van der Waals surface area contributed by atoms with E-state index in [0.717, 1.165) is 56.7 Å². The van der Waals surface area contributed by atoms with E-state index < -0.39 is 0 Å². The van der Waals surface area contributed by atoms with Gasteiger partial charge in [-0.3, -0.25) is 14.7 Å². The molecule has 0 spiro atoms. The van der Waals surface area contributed by atoms with E-state index in [-0.39, 0.29) is 17.9 Å². The number of benzene rings is 1. The highest BCUT2D eigenvalue weighted by Gasteiger charge is 2.23. The third-order valence-electron chi connectivity index (χ3n) is 6.05. The van der Waals surface area contributed by atoms with Crippen molar-refractivity contribution in [2.45, 2.75) is 38.6 Å². The molecule has 1 aliphatic heterocycles. The van der Waals surface area contributed by atoms with Gasteiger partial charge in [0.05, 0.1) is 5.69 Å². The SMILES string of the molecule is O=C(Nc1ccc(OC(=O)N2CCN(Cc3ccccn3)CC2)cc1)C1CCCCC1. The van der Waals surface area contributed by atoms with Crippen molar-refractivity contribution >= 4 is 17.7 Å². The summed E-state index contributed by atoms with van der Waals surface area (Å²) in [5, 5.41) is 2.98. The molecule has 2 aliphatic rings. The second-order valence-electron chi connectivity index (χ2n) is 8.30. The zero-order valence-corrected chi connectivity index (χ0v) is 17.8. The standard InChI is InChI=1S/C24H30N4O3/c29-23(19-6-2-1-3-7-19)26-20-9-11-22(12-10-20)31-24(30)28-16-14-27(15-17-28)18-21-8-4-5-13-25-21/h4-5,8-13,19H,1-3,6-7,14-18H2,(H,26,29). The van der Waals surface area contributed by atoms with Gasteiger partial charge in [0.15, 0.2) is 0 Å². The molecule has 2 heterocycles. The number of nitrogens with one attached hydrogen (secondary N) is 1. The molecule has 4 rings (SSSR count). The van der Waals surface area contributed by atoms with Crippen molar-refractivity contribution in [3.63, 3.8) is 0 Å². The maximum atomic E-state index is 12.5. The Labute approximate surface area is 183 Å². The van der Waals surface area contributed by atoms with Gasteiger partial charge in [0.2, 0.25) is 5.91 Å². The number of carbonyl (C=O) groups excluding carboxylic acids is 2. The molecule has 31 heavy (non-hydrogen) atoms. The topological polar surface area (TPSA) is 74.8 Å². The lowest BCUT2D eigenvalue weighted by Gasteiger charge is -2.33. The lowest BCUT2D eigenvalue weighted by atomic mass is 9.88. The van der Waals surface area contributed by atoms with Gasteiger partial charge in [-0.15, -0.1) is 0 Å². The second kappa shape index (κ2) is 10.4. The molecule has 7 heteroatoms. The maximum absolute atomic E-state index is 12.5. The molecule has 2 fully saturated rings. The predicted octanol–water partition coefficient (Wildman–Crippen LogP) is 3.92. The molecule has 0 atom stereocenters. The van der Waals surface area contributed by atoms with Crippen molar-refractivity contribution in [3.05, 3.63) is 54.4 Å². The van der Waals surface area contributed by atoms with E-state index in [1.54, 1.807) is 35.4 Å². The summed E-state index contributed by atoms with van der Waals surface area (Å²) in [5.41, 5.74) is 1.77. The Morgan fingerprint density at radius 1 is 0.968 bits per heavy atom. The van der Waals surface area contributed by atoms with Crippen LogP contribution in [-0.4, -0.2) is 53.0 Å². The Bertz CT molecular complexity index is 858. The molecule has 0 radical (unpaired) electrons. The first-order valence-corrected chi connectivity index (χ1v) is 11.2. The number of anilines is 1. The van der Waals surface area contributed by atoms with E-state index in [2.05, 4.69) is 15.2 Å². The predicted molar refractivity (Wildman–Crippen MR) is 119 cm³/mol. The van der Waals surface area contributed by atoms with Crippen LogP contribution in [0.2, 0.25) is 0 Å². The van der Waals surface area contributed by atoms with E-state index in [4.69, 9.17) is 4.74 Å². The summed E-state index contributed by atoms with van der Waals surface area (Å²) in [6, 6.07) is 12.9. The van der Waals surface area contributed by atoms with Gasteiger partial charge in [-0.05, 0) is 49.2 Å². The molecule has 1 N–H and O–H groups in total. The Balaban J connectivity index is 1.22. The molecule has 164 valence electrons. The summed E-state index contributed by atoms with van der Waals surface area (Å²) in [7, 11) is 0. The van der Waals surface area contributed by atoms with Crippen LogP contribution in [0.4, 0.5) is 10.5 Å². The van der Waals surface area contributed by atoms with Gasteiger partial charge in [0.1, 0.15) is 5.75 Å². The monoisotopic (exact) mass is 422 g/mol. The van der Waals surface area contributed by atoms with Crippen LogP contribution >= 0.6 is 0 Å². The highest BCUT2D eigenvalue weighted by molar-refractivity contribution is 5.92. The molecule has 2 aromatic rings. The van der Waals surface area contributed by atoms with Gasteiger partial charge >= 0.3 is 6.09 Å². The average molecular weight is 423 g/mol. The minimum atomic E-state index is -0.337. The van der Waals surface area contributed by atoms with E-state index in [1.165, 1.54) is 6.42 Å². The first kappa shape index (κ1) is 21.3. The molecule has 0 bridgehead atoms. The number of hydrogen-bond donors (Lipinski definition) is 1. The van der Waals surface area contributed by atoms with Crippen LogP contribution < -0.4 is 10.1 Å². The number of piperazine rings is 1. The zero-order valence-electron chi connectivity index (χ0n) is 17.8. The number of hydrogen-bond acceptors (Lipinski definition) is 5. The number of aromatic nitrogens is 1. The Morgan fingerprint density at radius 2 is 1.71 bits per heavy atom. The van der Waals surface area contributed by atoms with Crippen molar-refractivity contribution in [1.29, 1.82) is 0 Å². The van der Waals surface area contributed by atoms with Crippen LogP contribution in [0.1, 0.15) is 37.8 Å². The lowest BCUT2D eigenvalue weighted by molar-refractivity contribution is -0.120. The second-order valence-corrected chi connectivity index (χ2v) is 8.30. The van der Waals surface area contributed by atoms with Crippen molar-refractivity contribution in [1.82, 2.24) is 14.8 Å². The molecule has 1 aromatic carbocycles. The van der Waals surface area contributed by atoms with Crippen LogP contribution in [0.3, 0.4) is 0 Å². The van der Waals surface area contributed by atoms with E-state index in [9.17, 15) is 9.59 Å². The van der Waals surface area contributed by atoms with Gasteiger partial charge in [-0.25, -0.2) is 4.79 Å². The zero-order chi connectivity index (χ0) is 21.5. The van der Waals surface area contributed by atoms with Crippen LogP contribution in [0.25, 0.3) is 0 Å². The van der Waals surface area contributed by atoms with Crippen molar-refractivity contribution in [3.8, 4) is 5.75 Å². The van der Waals surface area contributed by atoms with Crippen molar-refractivity contribution < 1.29 is 14.3 Å². The normalized spacial score (nSPS) is 17.9. The molecule has 2 amide bonds. The largest absolute Gasteiger partial charge is 0.415 e. The van der Waals surface area contributed by atoms with Crippen LogP contribution in [-0.2, 0) is 11.3 Å². The van der Waals surface area contributed by atoms with Crippen LogP contribution in [0.15, 0.2) is 48.7 Å². The third-order valence-corrected chi connectivity index (χ3v) is 6.05. The number of pyridine rings is 1. The first-order chi connectivity index (χ1) is 15.2. The summed E-state index contributed by atoms with van der Waals surface area (Å²) in [6.07, 6.45) is 6.89. The Kier molecular flexibility index (Phi) is 7.14. The maximum Gasteiger partial charge on any atom is 0.415 e. The molecular formula is C24H30N4O3. The van der Waals surface area contributed by atoms with Gasteiger partial charge in [-0.2, -0.15) is 0 Å². The fourth-order valence-corrected chi connectivity index (χ4v) is 4.19. The summed E-state index contributed by atoms with van der Waals surface area (Å²) in [4.78, 5) is 33.3. The first-order valence-electron chi connectivity index (χ1n) is 11.2. The number of carbonyl (C=O) groups is 2. The van der Waals surface area contributed by atoms with E-state index >= 15 is 0 Å². The van der Waals surface area contributed by atoms with Gasteiger partial charge in [0, 0.05) is 50.5 Å². The van der Waals surface area contributed by atoms with Crippen molar-refractivity contribution in [2.24, 2.45) is 5.92 Å². The summed E-state index contributed by atoms with van der Waals surface area (Å²) in [6.45, 7) is 3.62. The fourth-order valence-electron chi connectivity index (χ4n) is 4.19. The van der Waals surface area contributed by atoms with Crippen molar-refractivity contribution in [2.75, 3.05) is 31.5 Å². The van der Waals surface area contributed by atoms with E-state index in [0.29, 0.717) is 18.8 Å². The molecule has 1 aromatic heterocycles. The number of amides is 2. The molecule has 7 nitrogen and oxygen atoms in total. The smallest absolute Gasteiger partial charge is 0.410 e. The summed E-state index contributed by atoms with van der Waals surface area (Å²) >= 11 is 0. The van der Waals surface area contributed by atoms with Crippen LogP contribution in [0, 0.1) is 5.92 Å². The van der Waals surface area contributed by atoms with Gasteiger partial charge in [-0.1, -0.05) is 25.3 Å². The van der Waals surface area contributed by atoms with Crippen LogP contribution in [0.5, 0.6) is 5.75 Å². The molecule has 0 unspecified atom stereocenters. The minimum absolute atomic E-state index is 0.0908. The molecule has 1 saturated heterocycles. The molecule has 1 saturated carbocycles. The van der Waals surface area contributed by atoms with Gasteiger partial charge < -0.3 is 15.0 Å². The highest BCUT2D eigenvalue weighted by atomic mass is 16.6. The number of ether oxygens (including phenoxy) is 1. The Hall–Kier alpha value is -2.93. The third kappa shape index (κ3) is 6.04. The lowest BCUT2D eigenvalue weighted by Crippen LogP contribution is -2.49. The minimum Gasteiger partial charge on any atom is -0.410 e. The summed E-state index contributed by atoms with van der Waals surface area (Å²) < 4.78 is 5.53.